The predicted octanol–water partition coefficient (Wildman–Crippen LogP) is 2.43. The summed E-state index contributed by atoms with van der Waals surface area (Å²) in [7, 11) is 2.15. The molecule has 0 bridgehead atoms. The number of carboxylic acids is 1. The van der Waals surface area contributed by atoms with Gasteiger partial charge >= 0.3 is 12.1 Å². The van der Waals surface area contributed by atoms with Crippen molar-refractivity contribution in [2.45, 2.75) is 25.4 Å². The van der Waals surface area contributed by atoms with E-state index in [0.29, 0.717) is 13.0 Å². The van der Waals surface area contributed by atoms with Crippen LogP contribution in [0.4, 0.5) is 13.2 Å². The van der Waals surface area contributed by atoms with E-state index < -0.39 is 12.1 Å². The molecule has 29 heavy (non-hydrogen) atoms. The number of benzene rings is 1. The average Bonchev–Trinajstić information content (AvgIpc) is 2.90. The molecule has 0 saturated carbocycles. The number of hydrogen-bond acceptors (Lipinski definition) is 4. The number of likely N-dealkylation sites (tertiary alicyclic amines) is 1. The molecule has 2 saturated heterocycles. The summed E-state index contributed by atoms with van der Waals surface area (Å²) in [4.78, 5) is 25.9. The maximum atomic E-state index is 12.6. The Hall–Kier alpha value is -2.13. The highest BCUT2D eigenvalue weighted by molar-refractivity contribution is 5.76. The third-order valence-corrected chi connectivity index (χ3v) is 5.13. The maximum absolute atomic E-state index is 12.6. The van der Waals surface area contributed by atoms with E-state index in [9.17, 15) is 18.0 Å². The molecule has 9 heteroatoms. The van der Waals surface area contributed by atoms with Crippen LogP contribution in [0.25, 0.3) is 0 Å². The highest BCUT2D eigenvalue weighted by Crippen LogP contribution is 2.32. The average molecular weight is 416 g/mol. The predicted molar refractivity (Wildman–Crippen MR) is 100 cm³/mol. The number of alkyl halides is 3. The number of carbonyl (C=O) groups excluding carboxylic acids is 1. The van der Waals surface area contributed by atoms with Crippen LogP contribution in [0.2, 0.25) is 0 Å². The molecule has 0 aromatic heterocycles. The number of amides is 1. The van der Waals surface area contributed by atoms with E-state index in [1.54, 1.807) is 0 Å². The van der Waals surface area contributed by atoms with Crippen molar-refractivity contribution in [3.05, 3.63) is 35.9 Å². The molecule has 3 rings (SSSR count). The van der Waals surface area contributed by atoms with Gasteiger partial charge in [-0.15, -0.1) is 0 Å². The SMILES string of the molecule is CN1CCC2(COCCN(C(=O)CCc3ccccc3)C2)C1.O=C(O)C(F)(F)F. The molecule has 1 unspecified atom stereocenters. The molecule has 2 aliphatic rings. The fourth-order valence-corrected chi connectivity index (χ4v) is 3.67. The molecular formula is C20H27F3N2O4. The van der Waals surface area contributed by atoms with Crippen LogP contribution in [0.5, 0.6) is 0 Å². The van der Waals surface area contributed by atoms with E-state index in [1.807, 2.05) is 23.1 Å². The van der Waals surface area contributed by atoms with Gasteiger partial charge in [-0.3, -0.25) is 4.79 Å². The zero-order valence-electron chi connectivity index (χ0n) is 16.5. The summed E-state index contributed by atoms with van der Waals surface area (Å²) in [5.41, 5.74) is 1.38. The van der Waals surface area contributed by atoms with Gasteiger partial charge in [0.1, 0.15) is 0 Å². The lowest BCUT2D eigenvalue weighted by Gasteiger charge is -2.31. The van der Waals surface area contributed by atoms with Crippen LogP contribution in [0.3, 0.4) is 0 Å². The molecular weight excluding hydrogens is 389 g/mol. The third-order valence-electron chi connectivity index (χ3n) is 5.13. The van der Waals surface area contributed by atoms with E-state index >= 15 is 0 Å². The van der Waals surface area contributed by atoms with E-state index in [0.717, 1.165) is 45.6 Å². The molecule has 1 N–H and O–H groups in total. The summed E-state index contributed by atoms with van der Waals surface area (Å²) in [5, 5.41) is 7.12. The van der Waals surface area contributed by atoms with Gasteiger partial charge in [0, 0.05) is 31.5 Å². The van der Waals surface area contributed by atoms with Crippen molar-refractivity contribution in [1.29, 1.82) is 0 Å². The van der Waals surface area contributed by atoms with Crippen LogP contribution in [-0.2, 0) is 20.7 Å². The third kappa shape index (κ3) is 7.32. The second-order valence-electron chi connectivity index (χ2n) is 7.64. The molecule has 1 spiro atoms. The largest absolute Gasteiger partial charge is 0.490 e. The minimum absolute atomic E-state index is 0.146. The summed E-state index contributed by atoms with van der Waals surface area (Å²) in [6.45, 7) is 5.19. The zero-order chi connectivity index (χ0) is 21.5. The van der Waals surface area contributed by atoms with Crippen LogP contribution in [0.15, 0.2) is 30.3 Å². The van der Waals surface area contributed by atoms with Crippen LogP contribution >= 0.6 is 0 Å². The second-order valence-corrected chi connectivity index (χ2v) is 7.64. The molecule has 162 valence electrons. The van der Waals surface area contributed by atoms with E-state index in [-0.39, 0.29) is 11.3 Å². The number of carbonyl (C=O) groups is 2. The van der Waals surface area contributed by atoms with Gasteiger partial charge in [-0.2, -0.15) is 13.2 Å². The van der Waals surface area contributed by atoms with Crippen LogP contribution in [0, 0.1) is 5.41 Å². The number of halogens is 3. The van der Waals surface area contributed by atoms with Crippen LogP contribution in [-0.4, -0.2) is 79.4 Å². The smallest absolute Gasteiger partial charge is 0.475 e. The number of aliphatic carboxylic acids is 1. The minimum Gasteiger partial charge on any atom is -0.475 e. The topological polar surface area (TPSA) is 70.1 Å². The normalized spacial score (nSPS) is 22.7. The first-order valence-corrected chi connectivity index (χ1v) is 9.49. The summed E-state index contributed by atoms with van der Waals surface area (Å²) in [5.74, 6) is -2.49. The lowest BCUT2D eigenvalue weighted by Crippen LogP contribution is -2.43. The second kappa shape index (κ2) is 10.1. The highest BCUT2D eigenvalue weighted by Gasteiger charge is 2.41. The molecule has 2 heterocycles. The van der Waals surface area contributed by atoms with E-state index in [4.69, 9.17) is 14.6 Å². The monoisotopic (exact) mass is 416 g/mol. The molecule has 1 atom stereocenters. The number of ether oxygens (including phenoxy) is 1. The molecule has 0 aliphatic carbocycles. The first-order chi connectivity index (χ1) is 13.6. The Bertz CT molecular complexity index is 684. The molecule has 1 aromatic carbocycles. The van der Waals surface area contributed by atoms with Gasteiger partial charge in [-0.05, 0) is 32.0 Å². The molecule has 1 amide bonds. The number of aryl methyl sites for hydroxylation is 1. The van der Waals surface area contributed by atoms with Crippen LogP contribution in [0.1, 0.15) is 18.4 Å². The van der Waals surface area contributed by atoms with E-state index in [1.165, 1.54) is 5.56 Å². The quantitative estimate of drug-likeness (QED) is 0.820. The van der Waals surface area contributed by atoms with Gasteiger partial charge in [-0.1, -0.05) is 30.3 Å². The summed E-state index contributed by atoms with van der Waals surface area (Å²) < 4.78 is 37.5. The Morgan fingerprint density at radius 3 is 2.38 bits per heavy atom. The van der Waals surface area contributed by atoms with Crippen molar-refractivity contribution < 1.29 is 32.6 Å². The number of rotatable bonds is 3. The van der Waals surface area contributed by atoms with Gasteiger partial charge < -0.3 is 19.6 Å². The Morgan fingerprint density at radius 1 is 1.17 bits per heavy atom. The minimum atomic E-state index is -5.08. The highest BCUT2D eigenvalue weighted by atomic mass is 19.4. The van der Waals surface area contributed by atoms with Gasteiger partial charge in [0.05, 0.1) is 13.2 Å². The molecule has 6 nitrogen and oxygen atoms in total. The zero-order valence-corrected chi connectivity index (χ0v) is 16.5. The van der Waals surface area contributed by atoms with E-state index in [2.05, 4.69) is 24.1 Å². The lowest BCUT2D eigenvalue weighted by atomic mass is 9.87. The van der Waals surface area contributed by atoms with Crippen molar-refractivity contribution in [2.24, 2.45) is 5.41 Å². The van der Waals surface area contributed by atoms with Crippen molar-refractivity contribution >= 4 is 11.9 Å². The number of nitrogens with zero attached hydrogens (tertiary/aromatic N) is 2. The standard InChI is InChI=1S/C18H26N2O2.C2HF3O2/c1-19-10-9-18(13-19)14-20(11-12-22-15-18)17(21)8-7-16-5-3-2-4-6-16;3-2(4,5)1(6)7/h2-6H,7-15H2,1H3;(H,6,7). The van der Waals surface area contributed by atoms with Crippen molar-refractivity contribution in [3.8, 4) is 0 Å². The molecule has 2 aliphatic heterocycles. The van der Waals surface area contributed by atoms with Gasteiger partial charge in [-0.25, -0.2) is 4.79 Å². The first-order valence-electron chi connectivity index (χ1n) is 9.49. The number of hydrogen-bond donors (Lipinski definition) is 1. The molecule has 1 aromatic rings. The van der Waals surface area contributed by atoms with Gasteiger partial charge in [0.15, 0.2) is 0 Å². The maximum Gasteiger partial charge on any atom is 0.490 e. The Morgan fingerprint density at radius 2 is 1.83 bits per heavy atom. The molecule has 0 radical (unpaired) electrons. The first kappa shape index (κ1) is 23.2. The summed E-state index contributed by atoms with van der Waals surface area (Å²) >= 11 is 0. The summed E-state index contributed by atoms with van der Waals surface area (Å²) in [6.07, 6.45) is -2.54. The molecule has 2 fully saturated rings. The van der Waals surface area contributed by atoms with Gasteiger partial charge in [0.2, 0.25) is 5.91 Å². The van der Waals surface area contributed by atoms with Crippen molar-refractivity contribution in [1.82, 2.24) is 9.80 Å². The van der Waals surface area contributed by atoms with Gasteiger partial charge in [0.25, 0.3) is 0 Å². The Balaban J connectivity index is 0.000000370. The van der Waals surface area contributed by atoms with Crippen molar-refractivity contribution in [3.63, 3.8) is 0 Å². The van der Waals surface area contributed by atoms with Crippen LogP contribution < -0.4 is 0 Å². The summed E-state index contributed by atoms with van der Waals surface area (Å²) in [6, 6.07) is 10.3. The Labute approximate surface area is 168 Å². The number of carboxylic acid groups (broad SMARTS) is 1. The fourth-order valence-electron chi connectivity index (χ4n) is 3.67. The fraction of sp³-hybridized carbons (Fsp3) is 0.600. The lowest BCUT2D eigenvalue weighted by molar-refractivity contribution is -0.192. The Kier molecular flexibility index (Phi) is 8.04. The van der Waals surface area contributed by atoms with Crippen molar-refractivity contribution in [2.75, 3.05) is 46.4 Å².